The van der Waals surface area contributed by atoms with Crippen LogP contribution in [0.5, 0.6) is 0 Å². The first-order chi connectivity index (χ1) is 20.2. The van der Waals surface area contributed by atoms with Gasteiger partial charge >= 0.3 is 6.18 Å². The molecule has 1 saturated heterocycles. The Morgan fingerprint density at radius 2 is 1.95 bits per heavy atom. The molecule has 0 radical (unpaired) electrons. The molecule has 2 aliphatic heterocycles. The number of nitrogens with one attached hydrogen (secondary N) is 2. The van der Waals surface area contributed by atoms with Crippen LogP contribution in [-0.2, 0) is 22.6 Å². The van der Waals surface area contributed by atoms with Crippen molar-refractivity contribution < 1.29 is 27.4 Å². The quantitative estimate of drug-likeness (QED) is 0.296. The Balaban J connectivity index is 1.45. The number of anilines is 1. The van der Waals surface area contributed by atoms with Gasteiger partial charge in [0.2, 0.25) is 0 Å². The molecule has 1 fully saturated rings. The Hall–Kier alpha value is -2.80. The summed E-state index contributed by atoms with van der Waals surface area (Å²) in [5, 5.41) is 11.4. The van der Waals surface area contributed by atoms with Crippen LogP contribution >= 0.6 is 22.6 Å². The molecule has 0 spiro atoms. The van der Waals surface area contributed by atoms with E-state index in [9.17, 15) is 18.0 Å². The largest absolute Gasteiger partial charge is 0.406 e. The van der Waals surface area contributed by atoms with Crippen molar-refractivity contribution in [3.05, 3.63) is 45.4 Å². The average Bonchev–Trinajstić information content (AvgIpc) is 3.48. The van der Waals surface area contributed by atoms with Crippen LogP contribution in [0.4, 0.5) is 18.9 Å². The lowest BCUT2D eigenvalue weighted by molar-refractivity contribution is -0.140. The van der Waals surface area contributed by atoms with Crippen LogP contribution in [0.15, 0.2) is 30.5 Å². The molecule has 2 N–H and O–H groups in total. The molecular formula is C29H34F3IN6O3. The number of hydrogen-bond donors (Lipinski definition) is 2. The van der Waals surface area contributed by atoms with Gasteiger partial charge in [0.1, 0.15) is 10.2 Å². The van der Waals surface area contributed by atoms with Crippen LogP contribution in [0.1, 0.15) is 28.9 Å². The van der Waals surface area contributed by atoms with Crippen LogP contribution < -0.4 is 10.6 Å². The van der Waals surface area contributed by atoms with Crippen LogP contribution in [0.3, 0.4) is 0 Å². The van der Waals surface area contributed by atoms with Gasteiger partial charge in [-0.05, 0) is 79.1 Å². The fourth-order valence-electron chi connectivity index (χ4n) is 5.49. The maximum atomic E-state index is 13.6. The van der Waals surface area contributed by atoms with Gasteiger partial charge in [0.25, 0.3) is 5.91 Å². The summed E-state index contributed by atoms with van der Waals surface area (Å²) in [5.74, 6) is 5.65. The zero-order chi connectivity index (χ0) is 29.7. The maximum Gasteiger partial charge on any atom is 0.406 e. The normalized spacial score (nSPS) is 21.7. The van der Waals surface area contributed by atoms with Gasteiger partial charge in [0, 0.05) is 36.5 Å². The molecule has 42 heavy (non-hydrogen) atoms. The predicted octanol–water partition coefficient (Wildman–Crippen LogP) is 3.96. The number of nitrogens with zero attached hydrogens (tertiary/aromatic N) is 4. The van der Waals surface area contributed by atoms with Crippen molar-refractivity contribution in [3.63, 3.8) is 0 Å². The predicted molar refractivity (Wildman–Crippen MR) is 161 cm³/mol. The van der Waals surface area contributed by atoms with Crippen LogP contribution in [-0.4, -0.2) is 90.5 Å². The molecule has 2 aromatic heterocycles. The summed E-state index contributed by atoms with van der Waals surface area (Å²) < 4.78 is 55.9. The molecule has 1 amide bonds. The van der Waals surface area contributed by atoms with Gasteiger partial charge in [-0.15, -0.1) is 0 Å². The van der Waals surface area contributed by atoms with Crippen molar-refractivity contribution in [1.29, 1.82) is 0 Å². The Kier molecular flexibility index (Phi) is 9.97. The van der Waals surface area contributed by atoms with Crippen molar-refractivity contribution in [2.75, 3.05) is 58.4 Å². The Morgan fingerprint density at radius 1 is 1.14 bits per heavy atom. The van der Waals surface area contributed by atoms with E-state index in [0.29, 0.717) is 59.1 Å². The summed E-state index contributed by atoms with van der Waals surface area (Å²) in [6, 6.07) is 7.21. The number of carbonyl (C=O) groups excluding carboxylic acids is 1. The van der Waals surface area contributed by atoms with Gasteiger partial charge in [-0.3, -0.25) is 9.48 Å². The lowest BCUT2D eigenvalue weighted by atomic mass is 9.89. The summed E-state index contributed by atoms with van der Waals surface area (Å²) in [6.07, 6.45) is -1.03. The van der Waals surface area contributed by atoms with Gasteiger partial charge in [-0.2, -0.15) is 18.3 Å². The SMILES string of the molecule is CN1CCC2Nc3cccc4c3cc(n4CC(F)(F)F)C#CCNC(=O)c3cn(nc3I)CCOCCOCCC2C1. The highest BCUT2D eigenvalue weighted by Crippen LogP contribution is 2.32. The number of ether oxygens (including phenoxy) is 2. The molecule has 9 nitrogen and oxygen atoms in total. The Bertz CT molecular complexity index is 1460. The van der Waals surface area contributed by atoms with E-state index in [1.54, 1.807) is 29.1 Å². The molecule has 5 rings (SSSR count). The summed E-state index contributed by atoms with van der Waals surface area (Å²) >= 11 is 1.99. The van der Waals surface area contributed by atoms with E-state index in [2.05, 4.69) is 39.5 Å². The zero-order valence-electron chi connectivity index (χ0n) is 23.3. The van der Waals surface area contributed by atoms with Crippen molar-refractivity contribution in [2.45, 2.75) is 38.1 Å². The first kappa shape index (κ1) is 30.7. The minimum Gasteiger partial charge on any atom is -0.381 e. The second-order valence-electron chi connectivity index (χ2n) is 10.6. The topological polar surface area (TPSA) is 85.6 Å². The van der Waals surface area contributed by atoms with Crippen molar-refractivity contribution >= 4 is 45.1 Å². The van der Waals surface area contributed by atoms with Crippen molar-refractivity contribution in [2.24, 2.45) is 5.92 Å². The number of amides is 1. The minimum atomic E-state index is -4.43. The number of hydrogen-bond acceptors (Lipinski definition) is 6. The van der Waals surface area contributed by atoms with E-state index < -0.39 is 12.7 Å². The van der Waals surface area contributed by atoms with E-state index in [1.807, 2.05) is 28.7 Å². The zero-order valence-corrected chi connectivity index (χ0v) is 25.5. The third-order valence-corrected chi connectivity index (χ3v) is 8.34. The highest BCUT2D eigenvalue weighted by molar-refractivity contribution is 14.1. The van der Waals surface area contributed by atoms with Crippen molar-refractivity contribution in [3.8, 4) is 11.8 Å². The van der Waals surface area contributed by atoms with E-state index in [0.717, 1.165) is 31.6 Å². The highest BCUT2D eigenvalue weighted by atomic mass is 127. The molecule has 2 unspecified atom stereocenters. The second kappa shape index (κ2) is 13.7. The van der Waals surface area contributed by atoms with Gasteiger partial charge in [0.05, 0.1) is 49.7 Å². The maximum absolute atomic E-state index is 13.6. The van der Waals surface area contributed by atoms with E-state index in [1.165, 1.54) is 4.57 Å². The Morgan fingerprint density at radius 3 is 2.76 bits per heavy atom. The number of fused-ring (bicyclic) bond motifs is 4. The average molecular weight is 699 g/mol. The monoisotopic (exact) mass is 698 g/mol. The molecule has 1 aromatic carbocycles. The summed E-state index contributed by atoms with van der Waals surface area (Å²) in [7, 11) is 2.10. The summed E-state index contributed by atoms with van der Waals surface area (Å²) in [4.78, 5) is 15.0. The van der Waals surface area contributed by atoms with Crippen LogP contribution in [0.25, 0.3) is 10.9 Å². The number of benzene rings is 1. The van der Waals surface area contributed by atoms with Gasteiger partial charge in [-0.1, -0.05) is 12.0 Å². The molecule has 0 saturated carbocycles. The Labute approximate surface area is 256 Å². The van der Waals surface area contributed by atoms with Gasteiger partial charge < -0.3 is 29.6 Å². The molecule has 13 heteroatoms. The second-order valence-corrected chi connectivity index (χ2v) is 11.6. The molecule has 2 aliphatic rings. The highest BCUT2D eigenvalue weighted by Gasteiger charge is 2.31. The molecule has 0 aliphatic carbocycles. The molecule has 4 bridgehead atoms. The summed E-state index contributed by atoms with van der Waals surface area (Å²) in [5.41, 5.74) is 1.87. The lowest BCUT2D eigenvalue weighted by Gasteiger charge is -2.38. The lowest BCUT2D eigenvalue weighted by Crippen LogP contribution is -2.45. The van der Waals surface area contributed by atoms with Gasteiger partial charge in [-0.25, -0.2) is 0 Å². The number of halogens is 4. The minimum absolute atomic E-state index is 0.0286. The molecular weight excluding hydrogens is 664 g/mol. The smallest absolute Gasteiger partial charge is 0.381 e. The van der Waals surface area contributed by atoms with E-state index >= 15 is 0 Å². The van der Waals surface area contributed by atoms with Crippen molar-refractivity contribution in [1.82, 2.24) is 24.6 Å². The van der Waals surface area contributed by atoms with Crippen LogP contribution in [0.2, 0.25) is 0 Å². The molecule has 226 valence electrons. The fraction of sp³-hybridized carbons (Fsp3) is 0.517. The molecule has 3 aromatic rings. The van der Waals surface area contributed by atoms with Crippen LogP contribution in [0, 0.1) is 21.5 Å². The number of likely N-dealkylation sites (tertiary alicyclic amines) is 1. The van der Waals surface area contributed by atoms with E-state index in [-0.39, 0.29) is 24.2 Å². The number of aromatic nitrogens is 3. The third kappa shape index (κ3) is 7.77. The number of alkyl halides is 3. The molecule has 4 heterocycles. The fourth-order valence-corrected chi connectivity index (χ4v) is 6.15. The molecule has 2 atom stereocenters. The number of piperidine rings is 1. The third-order valence-electron chi connectivity index (χ3n) is 7.55. The standard InChI is InChI=1S/C29H34F3IN6O3/c1-37-10-7-24-20(17-37)8-12-41-14-15-42-13-11-38-18-23(27(33)36-38)28(40)34-9-3-4-21-16-22-25(35-24)5-2-6-26(22)39(21)19-29(30,31)32/h2,5-6,16,18,20,24,35H,7-15,17,19H2,1H3,(H,34,40). The van der Waals surface area contributed by atoms with E-state index in [4.69, 9.17) is 9.47 Å². The number of rotatable bonds is 1. The number of carbonyl (C=O) groups is 1. The first-order valence-electron chi connectivity index (χ1n) is 14.0. The van der Waals surface area contributed by atoms with Gasteiger partial charge in [0.15, 0.2) is 0 Å². The summed E-state index contributed by atoms with van der Waals surface area (Å²) in [6.45, 7) is 3.05. The first-order valence-corrected chi connectivity index (χ1v) is 15.1.